The normalized spacial score (nSPS) is 13.9. The highest BCUT2D eigenvalue weighted by Gasteiger charge is 2.32. The van der Waals surface area contributed by atoms with Gasteiger partial charge in [0, 0.05) is 61.7 Å². The highest BCUT2D eigenvalue weighted by atomic mass is 16.6. The van der Waals surface area contributed by atoms with E-state index in [1.807, 2.05) is 158 Å². The molecule has 7 aromatic rings. The fraction of sp³-hybridized carbons (Fsp3) is 0.309. The maximum atomic E-state index is 13.4. The number of carbonyl (C=O) groups is 2. The quantitative estimate of drug-likeness (QED) is 0.0975. The third kappa shape index (κ3) is 11.9. The summed E-state index contributed by atoms with van der Waals surface area (Å²) in [6.07, 6.45) is 2.03. The number of nitrogens with zero attached hydrogens (tertiary/aromatic N) is 4. The van der Waals surface area contributed by atoms with Crippen LogP contribution in [0.1, 0.15) is 50.3 Å². The first kappa shape index (κ1) is 47.1. The van der Waals surface area contributed by atoms with E-state index in [0.717, 1.165) is 77.5 Å². The second-order valence-electron chi connectivity index (χ2n) is 17.9. The van der Waals surface area contributed by atoms with Gasteiger partial charge in [0.25, 0.3) is 11.1 Å². The van der Waals surface area contributed by atoms with Gasteiger partial charge in [0.15, 0.2) is 11.5 Å². The molecule has 1 amide bonds. The average Bonchev–Trinajstić information content (AvgIpc) is 3.35. The Hall–Kier alpha value is -7.38. The van der Waals surface area contributed by atoms with Gasteiger partial charge in [0.05, 0.1) is 17.6 Å². The lowest BCUT2D eigenvalue weighted by atomic mass is 10.0. The zero-order chi connectivity index (χ0) is 47.5. The van der Waals surface area contributed by atoms with Crippen LogP contribution < -0.4 is 30.1 Å². The number of hydrogen-bond donors (Lipinski definition) is 0. The number of rotatable bonds is 14. The lowest BCUT2D eigenvalue weighted by molar-refractivity contribution is -0.108. The number of pyridine rings is 2. The molecule has 352 valence electrons. The van der Waals surface area contributed by atoms with Crippen molar-refractivity contribution >= 4 is 34.2 Å². The lowest BCUT2D eigenvalue weighted by Crippen LogP contribution is -2.49. The molecule has 5 aromatic carbocycles. The Balaban J connectivity index is 0.000000237. The molecule has 0 radical (unpaired) electrons. The first-order chi connectivity index (χ1) is 33.0. The molecule has 13 nitrogen and oxygen atoms in total. The van der Waals surface area contributed by atoms with Crippen LogP contribution in [0, 0.1) is 0 Å². The number of benzene rings is 5. The molecule has 0 aliphatic carbocycles. The van der Waals surface area contributed by atoms with Gasteiger partial charge in [-0.3, -0.25) is 9.59 Å². The van der Waals surface area contributed by atoms with Crippen molar-refractivity contribution in [3.05, 3.63) is 177 Å². The maximum Gasteiger partial charge on any atom is 0.410 e. The molecule has 0 bridgehead atoms. The number of amides is 1. The number of piperidine rings is 1. The summed E-state index contributed by atoms with van der Waals surface area (Å²) in [6.45, 7) is 10.9. The van der Waals surface area contributed by atoms with E-state index in [0.29, 0.717) is 62.3 Å². The van der Waals surface area contributed by atoms with Crippen molar-refractivity contribution in [2.75, 3.05) is 32.8 Å². The zero-order valence-corrected chi connectivity index (χ0v) is 38.9. The molecule has 0 atom stereocenters. The van der Waals surface area contributed by atoms with E-state index in [9.17, 15) is 19.2 Å². The van der Waals surface area contributed by atoms with E-state index in [4.69, 9.17) is 23.7 Å². The summed E-state index contributed by atoms with van der Waals surface area (Å²) in [6, 6.07) is 44.0. The van der Waals surface area contributed by atoms with Crippen LogP contribution in [0.2, 0.25) is 0 Å². The largest absolute Gasteiger partial charge is 0.488 e. The van der Waals surface area contributed by atoms with Crippen LogP contribution >= 0.6 is 0 Å². The monoisotopic (exact) mass is 918 g/mol. The molecule has 13 heteroatoms. The molecule has 4 heterocycles. The Kier molecular flexibility index (Phi) is 15.2. The predicted molar refractivity (Wildman–Crippen MR) is 263 cm³/mol. The number of aldehydes is 1. The minimum Gasteiger partial charge on any atom is -0.488 e. The van der Waals surface area contributed by atoms with Gasteiger partial charge in [-0.25, -0.2) is 4.79 Å². The Morgan fingerprint density at radius 1 is 0.647 bits per heavy atom. The number of carbonyl (C=O) groups excluding carboxylic acids is 2. The van der Waals surface area contributed by atoms with Crippen LogP contribution in [-0.4, -0.2) is 75.8 Å². The van der Waals surface area contributed by atoms with E-state index in [1.54, 1.807) is 6.07 Å². The van der Waals surface area contributed by atoms with Gasteiger partial charge in [-0.1, -0.05) is 91.0 Å². The molecule has 2 aliphatic rings. The molecule has 9 rings (SSSR count). The van der Waals surface area contributed by atoms with E-state index in [-0.39, 0.29) is 29.8 Å². The summed E-state index contributed by atoms with van der Waals surface area (Å²) in [4.78, 5) is 54.0. The van der Waals surface area contributed by atoms with Gasteiger partial charge in [-0.2, -0.15) is 0 Å². The number of ether oxygens (including phenoxy) is 5. The van der Waals surface area contributed by atoms with Crippen molar-refractivity contribution in [2.24, 2.45) is 0 Å². The summed E-state index contributed by atoms with van der Waals surface area (Å²) in [5.74, 6) is 2.57. The molecular formula is C55H58N4O9. The Morgan fingerprint density at radius 2 is 1.18 bits per heavy atom. The van der Waals surface area contributed by atoms with E-state index < -0.39 is 5.60 Å². The lowest BCUT2D eigenvalue weighted by Gasteiger charge is -2.39. The van der Waals surface area contributed by atoms with Gasteiger partial charge < -0.3 is 47.4 Å². The van der Waals surface area contributed by atoms with Crippen molar-refractivity contribution in [3.63, 3.8) is 0 Å². The van der Waals surface area contributed by atoms with Crippen LogP contribution in [0.4, 0.5) is 4.79 Å². The third-order valence-corrected chi connectivity index (χ3v) is 11.9. The minimum absolute atomic E-state index is 0.0314. The first-order valence-corrected chi connectivity index (χ1v) is 23.2. The second kappa shape index (κ2) is 21.9. The highest BCUT2D eigenvalue weighted by molar-refractivity contribution is 5.86. The number of para-hydroxylation sites is 2. The average molecular weight is 919 g/mol. The summed E-state index contributed by atoms with van der Waals surface area (Å²) in [5, 5.41) is 1.74. The maximum absolute atomic E-state index is 13.4. The molecule has 2 aromatic heterocycles. The van der Waals surface area contributed by atoms with Gasteiger partial charge in [-0.05, 0) is 86.7 Å². The smallest absolute Gasteiger partial charge is 0.410 e. The molecular weight excluding hydrogens is 861 g/mol. The van der Waals surface area contributed by atoms with Gasteiger partial charge in [0.1, 0.15) is 49.8 Å². The summed E-state index contributed by atoms with van der Waals surface area (Å²) in [7, 11) is 0. The third-order valence-electron chi connectivity index (χ3n) is 11.9. The number of aromatic nitrogens is 2. The molecule has 1 saturated heterocycles. The fourth-order valence-corrected chi connectivity index (χ4v) is 8.55. The van der Waals surface area contributed by atoms with Crippen LogP contribution in [-0.2, 0) is 42.4 Å². The van der Waals surface area contributed by atoms with Crippen molar-refractivity contribution in [1.82, 2.24) is 18.9 Å². The van der Waals surface area contributed by atoms with Crippen LogP contribution in [0.15, 0.2) is 149 Å². The summed E-state index contributed by atoms with van der Waals surface area (Å²) < 4.78 is 32.5. The molecule has 1 fully saturated rings. The van der Waals surface area contributed by atoms with Crippen molar-refractivity contribution < 1.29 is 33.3 Å². The molecule has 0 unspecified atom stereocenters. The molecule has 0 saturated carbocycles. The number of hydrogen-bond acceptors (Lipinski definition) is 10. The standard InChI is InChI=1S/C37H43N3O6.C18H15NO3/c1-37(2,3)46-36(42)40(25-28-13-14-32-34(23-28)44-22-21-43-32)29-15-17-38(18-16-29)19-20-39-31-12-8-7-11-30(31)33(24-35(39)41)45-26-27-9-5-4-6-10-27;20-11-10-19-16-9-5-4-8-15(16)17(12-18(19)21)22-13-14-6-2-1-3-7-14/h4-14,23-24,29H,15-22,25-26H2,1-3H3;1-9,11-12H,10,13H2. The fourth-order valence-electron chi connectivity index (χ4n) is 8.55. The van der Waals surface area contributed by atoms with Crippen molar-refractivity contribution in [1.29, 1.82) is 0 Å². The Bertz CT molecular complexity index is 2940. The molecule has 0 spiro atoms. The van der Waals surface area contributed by atoms with E-state index in [1.165, 1.54) is 10.6 Å². The topological polar surface area (TPSA) is 131 Å². The molecule has 0 N–H and O–H groups in total. The number of likely N-dealkylation sites (tertiary alicyclic amines) is 1. The SMILES string of the molecule is CC(C)(C)OC(=O)N(Cc1ccc2c(c1)OCCO2)C1CCN(CCn2c(=O)cc(OCc3ccccc3)c3ccccc32)CC1.O=CCn1c(=O)cc(OCc2ccccc2)c2ccccc21. The second-order valence-corrected chi connectivity index (χ2v) is 17.9. The van der Waals surface area contributed by atoms with Crippen molar-refractivity contribution in [3.8, 4) is 23.0 Å². The summed E-state index contributed by atoms with van der Waals surface area (Å²) >= 11 is 0. The van der Waals surface area contributed by atoms with Crippen LogP contribution in [0.3, 0.4) is 0 Å². The van der Waals surface area contributed by atoms with Gasteiger partial charge in [-0.15, -0.1) is 0 Å². The molecule has 2 aliphatic heterocycles. The molecule has 68 heavy (non-hydrogen) atoms. The highest BCUT2D eigenvalue weighted by Crippen LogP contribution is 2.33. The van der Waals surface area contributed by atoms with Gasteiger partial charge >= 0.3 is 6.09 Å². The summed E-state index contributed by atoms with van der Waals surface area (Å²) in [5.41, 5.74) is 3.70. The number of fused-ring (bicyclic) bond motifs is 3. The van der Waals surface area contributed by atoms with E-state index in [2.05, 4.69) is 4.90 Å². The first-order valence-electron chi connectivity index (χ1n) is 23.2. The Morgan fingerprint density at radius 3 is 1.75 bits per heavy atom. The predicted octanol–water partition coefficient (Wildman–Crippen LogP) is 9.03. The minimum atomic E-state index is -0.596. The van der Waals surface area contributed by atoms with Crippen LogP contribution in [0.25, 0.3) is 21.8 Å². The van der Waals surface area contributed by atoms with Crippen molar-refractivity contribution in [2.45, 2.75) is 78.1 Å². The van der Waals surface area contributed by atoms with Crippen LogP contribution in [0.5, 0.6) is 23.0 Å². The Labute approximate surface area is 396 Å². The zero-order valence-electron chi connectivity index (χ0n) is 38.9. The van der Waals surface area contributed by atoms with E-state index >= 15 is 0 Å². The van der Waals surface area contributed by atoms with Gasteiger partial charge in [0.2, 0.25) is 0 Å².